The number of rotatable bonds is 11. The van der Waals surface area contributed by atoms with Gasteiger partial charge < -0.3 is 0 Å². The van der Waals surface area contributed by atoms with E-state index in [0.717, 1.165) is 5.57 Å². The monoisotopic (exact) mass is 565 g/mol. The van der Waals surface area contributed by atoms with Gasteiger partial charge in [0.1, 0.15) is 0 Å². The molecule has 0 N–H and O–H groups in total. The maximum Gasteiger partial charge on any atom is -0.0228 e. The van der Waals surface area contributed by atoms with Gasteiger partial charge in [0.25, 0.3) is 0 Å². The summed E-state index contributed by atoms with van der Waals surface area (Å²) in [5.41, 5.74) is 10.3. The van der Waals surface area contributed by atoms with Crippen molar-refractivity contribution in [3.05, 3.63) is 120 Å². The molecule has 0 unspecified atom stereocenters. The van der Waals surface area contributed by atoms with Gasteiger partial charge in [-0.05, 0) is 97.8 Å². The number of unbranched alkanes of at least 4 members (excludes halogenated alkanes) is 1. The summed E-state index contributed by atoms with van der Waals surface area (Å²) in [5.74, 6) is 0. The van der Waals surface area contributed by atoms with E-state index in [-0.39, 0.29) is 0 Å². The molecule has 0 aromatic heterocycles. The van der Waals surface area contributed by atoms with Gasteiger partial charge in [0.2, 0.25) is 0 Å². The average Bonchev–Trinajstić information content (AvgIpc) is 2.91. The Kier molecular flexibility index (Phi) is 37.5. The lowest BCUT2D eigenvalue weighted by Gasteiger charge is -2.21. The summed E-state index contributed by atoms with van der Waals surface area (Å²) in [7, 11) is 0. The molecule has 0 aliphatic heterocycles. The highest BCUT2D eigenvalue weighted by Gasteiger charge is 2.12. The van der Waals surface area contributed by atoms with Crippen molar-refractivity contribution in [1.29, 1.82) is 0 Å². The molecule has 0 aliphatic carbocycles. The Morgan fingerprint density at radius 1 is 0.707 bits per heavy atom. The molecule has 0 rings (SSSR count). The minimum absolute atomic E-state index is 0.593. The Morgan fingerprint density at radius 3 is 1.49 bits per heavy atom. The van der Waals surface area contributed by atoms with Gasteiger partial charge in [-0.2, -0.15) is 0 Å². The van der Waals surface area contributed by atoms with Crippen molar-refractivity contribution in [1.82, 2.24) is 0 Å². The van der Waals surface area contributed by atoms with Crippen LogP contribution in [-0.2, 0) is 0 Å². The number of allylic oxidation sites excluding steroid dienone is 16. The summed E-state index contributed by atoms with van der Waals surface area (Å²) in [6, 6.07) is 0. The summed E-state index contributed by atoms with van der Waals surface area (Å²) in [5, 5.41) is 0. The van der Waals surface area contributed by atoms with Gasteiger partial charge in [-0.25, -0.2) is 0 Å². The summed E-state index contributed by atoms with van der Waals surface area (Å²) < 4.78 is 0. The smallest absolute Gasteiger partial charge is 0.0228 e. The maximum atomic E-state index is 3.92. The van der Waals surface area contributed by atoms with Crippen LogP contribution in [0.25, 0.3) is 0 Å². The normalized spacial score (nSPS) is 12.0. The minimum Gasteiger partial charge on any atom is -0.100 e. The van der Waals surface area contributed by atoms with E-state index in [9.17, 15) is 0 Å². The number of hydrogen-bond donors (Lipinski definition) is 0. The molecule has 0 radical (unpaired) electrons. The molecule has 0 aromatic carbocycles. The molecular formula is C41H72. The van der Waals surface area contributed by atoms with Gasteiger partial charge >= 0.3 is 0 Å². The fourth-order valence-electron chi connectivity index (χ4n) is 2.55. The van der Waals surface area contributed by atoms with Crippen LogP contribution in [0.15, 0.2) is 120 Å². The lowest BCUT2D eigenvalue weighted by molar-refractivity contribution is 0.311. The Labute approximate surface area is 260 Å². The lowest BCUT2D eigenvalue weighted by atomic mass is 9.85. The van der Waals surface area contributed by atoms with Crippen LogP contribution in [0.3, 0.4) is 0 Å². The van der Waals surface area contributed by atoms with Crippen LogP contribution >= 0.6 is 0 Å². The highest BCUT2D eigenvalue weighted by Crippen LogP contribution is 2.26. The van der Waals surface area contributed by atoms with Gasteiger partial charge in [-0.3, -0.25) is 0 Å². The average molecular weight is 565 g/mol. The first-order valence-corrected chi connectivity index (χ1v) is 15.5. The number of hydrogen-bond acceptors (Lipinski definition) is 0. The van der Waals surface area contributed by atoms with Crippen LogP contribution in [0.1, 0.15) is 136 Å². The molecule has 0 heterocycles. The second kappa shape index (κ2) is 31.9. The van der Waals surface area contributed by atoms with Crippen LogP contribution in [0.4, 0.5) is 0 Å². The van der Waals surface area contributed by atoms with Crippen LogP contribution in [0.2, 0.25) is 0 Å². The second-order valence-corrected chi connectivity index (χ2v) is 11.5. The van der Waals surface area contributed by atoms with Gasteiger partial charge in [0.15, 0.2) is 0 Å². The fraction of sp³-hybridized carbons (Fsp3) is 0.512. The molecule has 0 nitrogen and oxygen atoms in total. The largest absolute Gasteiger partial charge is 0.100 e. The quantitative estimate of drug-likeness (QED) is 0.173. The zero-order chi connectivity index (χ0) is 33.6. The summed E-state index contributed by atoms with van der Waals surface area (Å²) in [6.07, 6.45) is 21.7. The molecule has 0 atom stereocenters. The van der Waals surface area contributed by atoms with E-state index in [4.69, 9.17) is 0 Å². The molecule has 41 heavy (non-hydrogen) atoms. The van der Waals surface area contributed by atoms with E-state index in [0.29, 0.717) is 5.41 Å². The SMILES string of the molecule is C=C(C)C.C=C/C(C)=C\C(C)=C/C.C=C/C=C(C=C(C)C)/C(C)=C/C=C(/C)C(=C)C.CC.CCCCC(C)(C)CC. The Balaban J connectivity index is -0.000000153. The van der Waals surface area contributed by atoms with E-state index in [2.05, 4.69) is 119 Å². The predicted molar refractivity (Wildman–Crippen MR) is 199 cm³/mol. The van der Waals surface area contributed by atoms with Crippen LogP contribution < -0.4 is 0 Å². The van der Waals surface area contributed by atoms with Crippen LogP contribution in [0, 0.1) is 5.41 Å². The molecule has 0 aliphatic rings. The molecule has 0 heteroatoms. The summed E-state index contributed by atoms with van der Waals surface area (Å²) in [4.78, 5) is 0. The first kappa shape index (κ1) is 48.1. The van der Waals surface area contributed by atoms with Crippen molar-refractivity contribution >= 4 is 0 Å². The first-order valence-electron chi connectivity index (χ1n) is 15.5. The second-order valence-electron chi connectivity index (χ2n) is 11.5. The Morgan fingerprint density at radius 2 is 1.17 bits per heavy atom. The summed E-state index contributed by atoms with van der Waals surface area (Å²) in [6.45, 7) is 48.6. The molecule has 0 bridgehead atoms. The van der Waals surface area contributed by atoms with Gasteiger partial charge in [-0.1, -0.05) is 157 Å². The van der Waals surface area contributed by atoms with E-state index in [1.54, 1.807) is 0 Å². The standard InChI is InChI=1S/C17H24.C9H14.C9H20.C4H8.C2H6/c1-8-9-17(12-13(2)3)16(7)11-10-15(6)14(4)5;1-5-8(3)7-9(4)6-2;1-5-7-8-9(3,4)6-2;1-4(2)3;1-2/h8-12H,1,4H2,2-3,5-7H3;5-7H,1H2,2-4H3;5-8H2,1-4H3;1H2,2-3H3;1-2H3/b15-10-,16-11+,17-9+;8-7-,9-6-;;;. The molecule has 0 saturated heterocycles. The van der Waals surface area contributed by atoms with Crippen LogP contribution in [-0.4, -0.2) is 0 Å². The topological polar surface area (TPSA) is 0 Å². The van der Waals surface area contributed by atoms with E-state index in [1.165, 1.54) is 64.7 Å². The fourth-order valence-corrected chi connectivity index (χ4v) is 2.55. The molecule has 0 fully saturated rings. The zero-order valence-electron chi connectivity index (χ0n) is 30.8. The van der Waals surface area contributed by atoms with Crippen molar-refractivity contribution in [3.63, 3.8) is 0 Å². The molecule has 0 spiro atoms. The molecule has 0 saturated carbocycles. The molecule has 0 amide bonds. The van der Waals surface area contributed by atoms with Gasteiger partial charge in [0.05, 0.1) is 0 Å². The third-order valence-electron chi connectivity index (χ3n) is 5.85. The van der Waals surface area contributed by atoms with E-state index < -0.39 is 0 Å². The molecule has 0 aromatic rings. The lowest BCUT2D eigenvalue weighted by Crippen LogP contribution is -2.08. The van der Waals surface area contributed by atoms with E-state index >= 15 is 0 Å². The predicted octanol–water partition coefficient (Wildman–Crippen LogP) is 14.8. The van der Waals surface area contributed by atoms with E-state index in [1.807, 2.05) is 66.7 Å². The zero-order valence-corrected chi connectivity index (χ0v) is 30.8. The maximum absolute atomic E-state index is 3.92. The van der Waals surface area contributed by atoms with Crippen molar-refractivity contribution in [3.8, 4) is 0 Å². The van der Waals surface area contributed by atoms with Crippen molar-refractivity contribution < 1.29 is 0 Å². The Bertz CT molecular complexity index is 890. The minimum atomic E-state index is 0.593. The highest BCUT2D eigenvalue weighted by atomic mass is 14.2. The van der Waals surface area contributed by atoms with Crippen LogP contribution in [0.5, 0.6) is 0 Å². The van der Waals surface area contributed by atoms with Crippen molar-refractivity contribution in [2.24, 2.45) is 5.41 Å². The van der Waals surface area contributed by atoms with Gasteiger partial charge in [0, 0.05) is 0 Å². The molecule has 236 valence electrons. The third kappa shape index (κ3) is 42.0. The van der Waals surface area contributed by atoms with Crippen molar-refractivity contribution in [2.45, 2.75) is 136 Å². The summed E-state index contributed by atoms with van der Waals surface area (Å²) >= 11 is 0. The van der Waals surface area contributed by atoms with Gasteiger partial charge in [-0.15, -0.1) is 6.58 Å². The highest BCUT2D eigenvalue weighted by molar-refractivity contribution is 5.44. The van der Waals surface area contributed by atoms with Crippen molar-refractivity contribution in [2.75, 3.05) is 0 Å². The Hall–Kier alpha value is -2.60. The third-order valence-corrected chi connectivity index (χ3v) is 5.85. The first-order chi connectivity index (χ1) is 18.9. The molecular weight excluding hydrogens is 492 g/mol.